The highest BCUT2D eigenvalue weighted by molar-refractivity contribution is 7.98. The molecule has 0 aliphatic rings. The van der Waals surface area contributed by atoms with Crippen molar-refractivity contribution in [2.45, 2.75) is 18.7 Å². The van der Waals surface area contributed by atoms with Gasteiger partial charge < -0.3 is 11.1 Å². The van der Waals surface area contributed by atoms with E-state index in [1.807, 2.05) is 50.4 Å². The Morgan fingerprint density at radius 1 is 0.861 bits per heavy atom. The van der Waals surface area contributed by atoms with Crippen LogP contribution >= 0.6 is 35.0 Å². The molecule has 3 aromatic carbocycles. The van der Waals surface area contributed by atoms with E-state index < -0.39 is 5.91 Å². The molecule has 0 radical (unpaired) electrons. The highest BCUT2D eigenvalue weighted by atomic mass is 35.5. The Kier molecular flexibility index (Phi) is 9.53. The maximum Gasteiger partial charge on any atom is 0.256 e. The largest absolute Gasteiger partial charge is 0.366 e. The molecule has 4 aromatic rings. The smallest absolute Gasteiger partial charge is 0.256 e. The average molecular weight is 539 g/mol. The van der Waals surface area contributed by atoms with Gasteiger partial charge >= 0.3 is 0 Å². The van der Waals surface area contributed by atoms with Gasteiger partial charge in [0.2, 0.25) is 5.91 Å². The first-order valence-corrected chi connectivity index (χ1v) is 13.2. The first-order valence-electron chi connectivity index (χ1n) is 11.2. The van der Waals surface area contributed by atoms with Crippen LogP contribution in [-0.4, -0.2) is 23.1 Å². The van der Waals surface area contributed by atoms with Gasteiger partial charge in [-0.3, -0.25) is 14.6 Å². The van der Waals surface area contributed by atoms with Crippen LogP contribution in [0.25, 0.3) is 22.4 Å². The fourth-order valence-corrected chi connectivity index (χ4v) is 4.37. The van der Waals surface area contributed by atoms with Crippen LogP contribution in [0.4, 0.5) is 5.69 Å². The zero-order valence-electron chi connectivity index (χ0n) is 20.0. The Labute approximate surface area is 225 Å². The Balaban J connectivity index is 0.00000176. The molecule has 0 aliphatic carbocycles. The Hall–Kier alpha value is -3.32. The zero-order chi connectivity index (χ0) is 26.2. The lowest BCUT2D eigenvalue weighted by atomic mass is 9.94. The summed E-state index contributed by atoms with van der Waals surface area (Å²) in [6.07, 6.45) is 3.61. The molecule has 0 atom stereocenters. The maximum atomic E-state index is 13.4. The molecule has 4 rings (SSSR count). The minimum Gasteiger partial charge on any atom is -0.366 e. The summed E-state index contributed by atoms with van der Waals surface area (Å²) in [6, 6.07) is 20.9. The minimum atomic E-state index is -0.606. The Morgan fingerprint density at radius 2 is 1.58 bits per heavy atom. The summed E-state index contributed by atoms with van der Waals surface area (Å²) < 4.78 is 0. The molecular weight excluding hydrogens is 513 g/mol. The fraction of sp³-hybridized carbons (Fsp3) is 0.107. The van der Waals surface area contributed by atoms with E-state index >= 15 is 0 Å². The van der Waals surface area contributed by atoms with E-state index in [2.05, 4.69) is 10.3 Å². The number of carbonyl (C=O) groups is 2. The van der Waals surface area contributed by atoms with Crippen molar-refractivity contribution in [1.29, 1.82) is 0 Å². The summed E-state index contributed by atoms with van der Waals surface area (Å²) in [5, 5.41) is 3.87. The van der Waals surface area contributed by atoms with Gasteiger partial charge in [-0.05, 0) is 84.1 Å². The number of nitrogens with zero attached hydrogens (tertiary/aromatic N) is 1. The van der Waals surface area contributed by atoms with Gasteiger partial charge in [0.05, 0.1) is 10.7 Å². The molecule has 0 aliphatic heterocycles. The number of hydrogen-bond acceptors (Lipinski definition) is 4. The number of nitrogens with two attached hydrogens (primary N) is 1. The second kappa shape index (κ2) is 12.6. The molecule has 2 amide bonds. The molecule has 0 saturated carbocycles. The number of amides is 2. The maximum absolute atomic E-state index is 13.4. The molecule has 3 N–H and O–H groups in total. The third-order valence-corrected chi connectivity index (χ3v) is 6.46. The van der Waals surface area contributed by atoms with E-state index in [1.165, 1.54) is 11.8 Å². The number of primary amides is 1. The molecule has 5 nitrogen and oxygen atoms in total. The monoisotopic (exact) mass is 537 g/mol. The van der Waals surface area contributed by atoms with Gasteiger partial charge in [0, 0.05) is 38.5 Å². The van der Waals surface area contributed by atoms with Crippen LogP contribution in [0.15, 0.2) is 83.9 Å². The molecule has 184 valence electrons. The van der Waals surface area contributed by atoms with Crippen molar-refractivity contribution in [3.63, 3.8) is 0 Å². The van der Waals surface area contributed by atoms with Gasteiger partial charge in [0.15, 0.2) is 0 Å². The summed E-state index contributed by atoms with van der Waals surface area (Å²) in [6.45, 7) is 4.00. The van der Waals surface area contributed by atoms with Crippen molar-refractivity contribution >= 4 is 52.5 Å². The minimum absolute atomic E-state index is 0.278. The number of thioether (sulfide) groups is 1. The predicted octanol–water partition coefficient (Wildman–Crippen LogP) is 7.82. The number of nitrogens with one attached hydrogen (secondary N) is 1. The van der Waals surface area contributed by atoms with Crippen LogP contribution in [0.5, 0.6) is 0 Å². The molecule has 1 aromatic heterocycles. The third kappa shape index (κ3) is 6.26. The molecule has 0 saturated heterocycles. The zero-order valence-corrected chi connectivity index (χ0v) is 22.3. The molecule has 0 bridgehead atoms. The SMILES string of the molecule is CC.CSc1ccc(C(=O)Nc2ccc(Cl)c(-c3ccccn3)c2)c(-c2cc(Cl)ccc2C(N)=O)c1. The van der Waals surface area contributed by atoms with Gasteiger partial charge in [-0.1, -0.05) is 43.1 Å². The summed E-state index contributed by atoms with van der Waals surface area (Å²) in [5.74, 6) is -0.961. The second-order valence-electron chi connectivity index (χ2n) is 7.33. The normalized spacial score (nSPS) is 10.2. The quantitative estimate of drug-likeness (QED) is 0.245. The standard InChI is InChI=1S/C26H19Cl2N3O2S.C2H6/c1-34-17-7-9-19(21(14-17)20-12-15(27)5-8-18(20)25(29)32)26(33)31-16-6-10-23(28)22(13-16)24-4-2-3-11-30-24;1-2/h2-14H,1H3,(H2,29,32)(H,31,33);1-2H3. The number of anilines is 1. The van der Waals surface area contributed by atoms with Crippen molar-refractivity contribution in [3.05, 3.63) is 100 Å². The van der Waals surface area contributed by atoms with Gasteiger partial charge in [-0.25, -0.2) is 0 Å². The van der Waals surface area contributed by atoms with E-state index in [1.54, 1.807) is 48.7 Å². The van der Waals surface area contributed by atoms with E-state index in [9.17, 15) is 9.59 Å². The summed E-state index contributed by atoms with van der Waals surface area (Å²) in [7, 11) is 0. The lowest BCUT2D eigenvalue weighted by Crippen LogP contribution is -2.16. The van der Waals surface area contributed by atoms with Gasteiger partial charge in [-0.2, -0.15) is 0 Å². The van der Waals surface area contributed by atoms with Crippen molar-refractivity contribution in [2.24, 2.45) is 5.73 Å². The molecule has 0 spiro atoms. The number of hydrogen-bond donors (Lipinski definition) is 2. The van der Waals surface area contributed by atoms with E-state index in [0.717, 1.165) is 4.90 Å². The highest BCUT2D eigenvalue weighted by Gasteiger charge is 2.19. The van der Waals surface area contributed by atoms with Crippen molar-refractivity contribution < 1.29 is 9.59 Å². The molecule has 36 heavy (non-hydrogen) atoms. The van der Waals surface area contributed by atoms with Crippen molar-refractivity contribution in [2.75, 3.05) is 11.6 Å². The highest BCUT2D eigenvalue weighted by Crippen LogP contribution is 2.34. The van der Waals surface area contributed by atoms with E-state index in [-0.39, 0.29) is 11.5 Å². The number of benzene rings is 3. The van der Waals surface area contributed by atoms with E-state index in [4.69, 9.17) is 28.9 Å². The number of pyridine rings is 1. The van der Waals surface area contributed by atoms with Crippen molar-refractivity contribution in [1.82, 2.24) is 4.98 Å². The lowest BCUT2D eigenvalue weighted by Gasteiger charge is -2.15. The molecule has 8 heteroatoms. The first-order chi connectivity index (χ1) is 17.4. The average Bonchev–Trinajstić information content (AvgIpc) is 2.90. The van der Waals surface area contributed by atoms with Gasteiger partial charge in [-0.15, -0.1) is 11.8 Å². The number of rotatable bonds is 6. The second-order valence-corrected chi connectivity index (χ2v) is 9.05. The molecule has 1 heterocycles. The van der Waals surface area contributed by atoms with Crippen LogP contribution in [-0.2, 0) is 0 Å². The summed E-state index contributed by atoms with van der Waals surface area (Å²) in [4.78, 5) is 30.7. The van der Waals surface area contributed by atoms with Crippen LogP contribution in [0.2, 0.25) is 10.0 Å². The van der Waals surface area contributed by atoms with Crippen molar-refractivity contribution in [3.8, 4) is 22.4 Å². The first kappa shape index (κ1) is 27.3. The Bertz CT molecular complexity index is 1400. The Morgan fingerprint density at radius 3 is 2.25 bits per heavy atom. The summed E-state index contributed by atoms with van der Waals surface area (Å²) >= 11 is 14.1. The number of aromatic nitrogens is 1. The molecule has 0 fully saturated rings. The third-order valence-electron chi connectivity index (χ3n) is 5.17. The lowest BCUT2D eigenvalue weighted by molar-refractivity contribution is 0.0997. The van der Waals surface area contributed by atoms with Crippen LogP contribution in [0.1, 0.15) is 34.6 Å². The van der Waals surface area contributed by atoms with Crippen LogP contribution in [0.3, 0.4) is 0 Å². The predicted molar refractivity (Wildman–Crippen MR) is 151 cm³/mol. The van der Waals surface area contributed by atoms with E-state index in [0.29, 0.717) is 43.7 Å². The van der Waals surface area contributed by atoms with Gasteiger partial charge in [0.1, 0.15) is 0 Å². The molecular formula is C28H25Cl2N3O2S. The number of halogens is 2. The fourth-order valence-electron chi connectivity index (χ4n) is 3.55. The van der Waals surface area contributed by atoms with Crippen LogP contribution < -0.4 is 11.1 Å². The number of carbonyl (C=O) groups excluding carboxylic acids is 2. The summed E-state index contributed by atoms with van der Waals surface area (Å²) in [5.41, 5.74) is 9.24. The topological polar surface area (TPSA) is 85.1 Å². The van der Waals surface area contributed by atoms with Crippen LogP contribution in [0, 0.1) is 0 Å². The molecule has 0 unspecified atom stereocenters. The van der Waals surface area contributed by atoms with Gasteiger partial charge in [0.25, 0.3) is 5.91 Å².